The predicted octanol–water partition coefficient (Wildman–Crippen LogP) is 6.25. The predicted molar refractivity (Wildman–Crippen MR) is 141 cm³/mol. The van der Waals surface area contributed by atoms with Crippen LogP contribution in [-0.4, -0.2) is 37.3 Å². The van der Waals surface area contributed by atoms with Crippen LogP contribution in [0.5, 0.6) is 0 Å². The molecule has 9 heteroatoms. The van der Waals surface area contributed by atoms with Crippen molar-refractivity contribution in [1.82, 2.24) is 19.3 Å². The summed E-state index contributed by atoms with van der Waals surface area (Å²) in [7, 11) is 0. The topological polar surface area (TPSA) is 97.8 Å². The van der Waals surface area contributed by atoms with Crippen molar-refractivity contribution in [3.63, 3.8) is 0 Å². The Morgan fingerprint density at radius 3 is 2.69 bits per heavy atom. The van der Waals surface area contributed by atoms with E-state index in [4.69, 9.17) is 4.74 Å². The van der Waals surface area contributed by atoms with Crippen LogP contribution in [0.15, 0.2) is 60.0 Å². The van der Waals surface area contributed by atoms with E-state index < -0.39 is 6.09 Å². The third-order valence-corrected chi connectivity index (χ3v) is 7.30. The van der Waals surface area contributed by atoms with Gasteiger partial charge in [0.15, 0.2) is 0 Å². The number of ether oxygens (including phenoxy) is 1. The van der Waals surface area contributed by atoms with Gasteiger partial charge in [-0.2, -0.15) is 10.4 Å². The number of amides is 1. The number of carbonyl (C=O) groups is 1. The molecule has 0 radical (unpaired) electrons. The molecule has 5 rings (SSSR count). The number of nitrogens with zero attached hydrogens (tertiary/aromatic N) is 5. The first kappa shape index (κ1) is 23.9. The minimum Gasteiger partial charge on any atom is -0.447 e. The van der Waals surface area contributed by atoms with E-state index in [1.165, 1.54) is 11.3 Å². The Morgan fingerprint density at radius 1 is 1.25 bits per heavy atom. The molecule has 0 saturated heterocycles. The summed E-state index contributed by atoms with van der Waals surface area (Å²) in [6, 6.07) is 16.9. The standard InChI is InChI=1S/C27H28N6O2S/c1-18(2)35-27(34)31-20-8-6-19(7-9-20)26-24(15-28)23-11-10-22(36-13-12-32-17-29-16-30-32)14-25(23)33(26)21-4-3-5-21/h6-11,14,16-18,21H,3-5,12-13H2,1-2H3,(H,31,34). The van der Waals surface area contributed by atoms with Gasteiger partial charge >= 0.3 is 6.09 Å². The Hall–Kier alpha value is -3.77. The van der Waals surface area contributed by atoms with Gasteiger partial charge in [-0.15, -0.1) is 11.8 Å². The molecule has 2 heterocycles. The largest absolute Gasteiger partial charge is 0.447 e. The smallest absolute Gasteiger partial charge is 0.411 e. The van der Waals surface area contributed by atoms with Gasteiger partial charge in [-0.3, -0.25) is 10.00 Å². The van der Waals surface area contributed by atoms with Crippen molar-refractivity contribution in [2.75, 3.05) is 11.1 Å². The first-order valence-corrected chi connectivity index (χ1v) is 13.1. The molecule has 1 amide bonds. The number of hydrogen-bond donors (Lipinski definition) is 1. The summed E-state index contributed by atoms with van der Waals surface area (Å²) >= 11 is 1.77. The van der Waals surface area contributed by atoms with Crippen LogP contribution in [0.4, 0.5) is 10.5 Å². The SMILES string of the molecule is CC(C)OC(=O)Nc1ccc(-c2c(C#N)c3ccc(SCCn4cncn4)cc3n2C2CCC2)cc1. The van der Waals surface area contributed by atoms with E-state index >= 15 is 0 Å². The molecule has 0 spiro atoms. The number of fused-ring (bicyclic) bond motifs is 1. The van der Waals surface area contributed by atoms with Crippen LogP contribution >= 0.6 is 11.8 Å². The highest BCUT2D eigenvalue weighted by Crippen LogP contribution is 2.43. The molecule has 0 unspecified atom stereocenters. The maximum atomic E-state index is 12.0. The van der Waals surface area contributed by atoms with Gasteiger partial charge in [0, 0.05) is 27.8 Å². The fraction of sp³-hybridized carbons (Fsp3) is 0.333. The summed E-state index contributed by atoms with van der Waals surface area (Å²) in [4.78, 5) is 17.1. The van der Waals surface area contributed by atoms with Gasteiger partial charge in [0.1, 0.15) is 18.7 Å². The molecule has 0 atom stereocenters. The van der Waals surface area contributed by atoms with Gasteiger partial charge in [-0.1, -0.05) is 18.2 Å². The van der Waals surface area contributed by atoms with Crippen molar-refractivity contribution < 1.29 is 9.53 Å². The van der Waals surface area contributed by atoms with Crippen LogP contribution < -0.4 is 5.32 Å². The van der Waals surface area contributed by atoms with Gasteiger partial charge < -0.3 is 9.30 Å². The molecule has 4 aromatic rings. The van der Waals surface area contributed by atoms with Gasteiger partial charge in [0.2, 0.25) is 0 Å². The lowest BCUT2D eigenvalue weighted by molar-refractivity contribution is 0.130. The first-order valence-electron chi connectivity index (χ1n) is 12.1. The molecule has 2 aromatic heterocycles. The van der Waals surface area contributed by atoms with Crippen molar-refractivity contribution in [3.05, 3.63) is 60.7 Å². The summed E-state index contributed by atoms with van der Waals surface area (Å²) in [5.74, 6) is 0.880. The number of nitriles is 1. The zero-order valence-corrected chi connectivity index (χ0v) is 21.2. The van der Waals surface area contributed by atoms with E-state index in [2.05, 4.69) is 44.2 Å². The normalized spacial score (nSPS) is 13.5. The summed E-state index contributed by atoms with van der Waals surface area (Å²) in [5.41, 5.74) is 4.34. The zero-order valence-electron chi connectivity index (χ0n) is 20.3. The van der Waals surface area contributed by atoms with E-state index in [0.717, 1.165) is 47.3 Å². The number of carbonyl (C=O) groups excluding carboxylic acids is 1. The molecule has 1 saturated carbocycles. The highest BCUT2D eigenvalue weighted by atomic mass is 32.2. The maximum Gasteiger partial charge on any atom is 0.411 e. The second kappa shape index (κ2) is 10.5. The minimum absolute atomic E-state index is 0.189. The van der Waals surface area contributed by atoms with Crippen molar-refractivity contribution in [2.24, 2.45) is 0 Å². The van der Waals surface area contributed by atoms with Gasteiger partial charge in [0.05, 0.1) is 29.4 Å². The second-order valence-corrected chi connectivity index (χ2v) is 10.3. The molecular formula is C27H28N6O2S. The fourth-order valence-electron chi connectivity index (χ4n) is 4.48. The van der Waals surface area contributed by atoms with E-state index in [-0.39, 0.29) is 6.10 Å². The molecule has 1 aliphatic carbocycles. The number of rotatable bonds is 8. The molecule has 184 valence electrons. The summed E-state index contributed by atoms with van der Waals surface area (Å²) < 4.78 is 9.36. The van der Waals surface area contributed by atoms with Crippen LogP contribution in [0, 0.1) is 11.3 Å². The Bertz CT molecular complexity index is 1400. The van der Waals surface area contributed by atoms with Crippen LogP contribution in [0.2, 0.25) is 0 Å². The molecular weight excluding hydrogens is 472 g/mol. The van der Waals surface area contributed by atoms with Crippen molar-refractivity contribution in [3.8, 4) is 17.3 Å². The minimum atomic E-state index is -0.479. The van der Waals surface area contributed by atoms with E-state index in [0.29, 0.717) is 17.3 Å². The Kier molecular flexibility index (Phi) is 6.96. The first-order chi connectivity index (χ1) is 17.5. The number of anilines is 1. The van der Waals surface area contributed by atoms with Crippen molar-refractivity contribution in [2.45, 2.75) is 56.7 Å². The average molecular weight is 501 g/mol. The summed E-state index contributed by atoms with van der Waals surface area (Å²) in [5, 5.41) is 18.1. The van der Waals surface area contributed by atoms with Crippen molar-refractivity contribution in [1.29, 1.82) is 5.26 Å². The number of nitrogens with one attached hydrogen (secondary N) is 1. The Balaban J connectivity index is 1.47. The van der Waals surface area contributed by atoms with Crippen LogP contribution in [-0.2, 0) is 11.3 Å². The molecule has 1 fully saturated rings. The lowest BCUT2D eigenvalue weighted by Crippen LogP contribution is -2.18. The molecule has 2 aromatic carbocycles. The molecule has 1 N–H and O–H groups in total. The highest BCUT2D eigenvalue weighted by Gasteiger charge is 2.28. The molecule has 36 heavy (non-hydrogen) atoms. The molecule has 8 nitrogen and oxygen atoms in total. The number of aryl methyl sites for hydroxylation is 1. The van der Waals surface area contributed by atoms with Gasteiger partial charge in [-0.25, -0.2) is 9.78 Å². The van der Waals surface area contributed by atoms with E-state index in [1.807, 2.05) is 42.8 Å². The average Bonchev–Trinajstić information content (AvgIpc) is 3.44. The Morgan fingerprint density at radius 2 is 2.06 bits per heavy atom. The van der Waals surface area contributed by atoms with Gasteiger partial charge in [-0.05, 0) is 62.9 Å². The number of benzene rings is 2. The maximum absolute atomic E-state index is 12.0. The van der Waals surface area contributed by atoms with E-state index in [1.54, 1.807) is 24.4 Å². The third kappa shape index (κ3) is 4.95. The lowest BCUT2D eigenvalue weighted by Gasteiger charge is -2.30. The highest BCUT2D eigenvalue weighted by molar-refractivity contribution is 7.99. The fourth-order valence-corrected chi connectivity index (χ4v) is 5.35. The summed E-state index contributed by atoms with van der Waals surface area (Å²) in [6.07, 6.45) is 6.01. The van der Waals surface area contributed by atoms with Crippen molar-refractivity contribution >= 4 is 34.4 Å². The van der Waals surface area contributed by atoms with Crippen LogP contribution in [0.1, 0.15) is 44.7 Å². The molecule has 0 aliphatic heterocycles. The molecule has 1 aliphatic rings. The quantitative estimate of drug-likeness (QED) is 0.287. The zero-order chi connectivity index (χ0) is 25.1. The lowest BCUT2D eigenvalue weighted by atomic mass is 9.92. The second-order valence-electron chi connectivity index (χ2n) is 9.13. The van der Waals surface area contributed by atoms with Crippen LogP contribution in [0.25, 0.3) is 22.2 Å². The van der Waals surface area contributed by atoms with Gasteiger partial charge in [0.25, 0.3) is 0 Å². The number of hydrogen-bond acceptors (Lipinski definition) is 6. The monoisotopic (exact) mass is 500 g/mol. The third-order valence-electron chi connectivity index (χ3n) is 6.33. The van der Waals surface area contributed by atoms with E-state index in [9.17, 15) is 10.1 Å². The Labute approximate surface area is 214 Å². The summed E-state index contributed by atoms with van der Waals surface area (Å²) in [6.45, 7) is 4.41. The molecule has 0 bridgehead atoms. The number of aromatic nitrogens is 4. The van der Waals surface area contributed by atoms with Crippen LogP contribution in [0.3, 0.4) is 0 Å². The number of thioether (sulfide) groups is 1.